The van der Waals surface area contributed by atoms with Crippen molar-refractivity contribution in [2.75, 3.05) is 11.9 Å². The van der Waals surface area contributed by atoms with Crippen molar-refractivity contribution in [1.82, 2.24) is 14.8 Å². The molecule has 10 heteroatoms. The molecule has 0 aliphatic heterocycles. The molecule has 0 aliphatic rings. The molecule has 1 atom stereocenters. The number of carbonyl (C=O) groups excluding carboxylic acids is 3. The third kappa shape index (κ3) is 4.92. The molecular formula is C25H24N4O5S. The van der Waals surface area contributed by atoms with Crippen molar-refractivity contribution in [3.05, 3.63) is 64.8 Å². The van der Waals surface area contributed by atoms with E-state index in [0.717, 1.165) is 16.6 Å². The molecule has 4 aromatic rings. The fourth-order valence-corrected chi connectivity index (χ4v) is 4.56. The SMILES string of the molecule is CCOC(=O)c1c(-c2ccccc2)csc1NC(=O)C(C)OC(=O)c1cnc2c(c1)c(C)nn2C. The number of nitrogens with one attached hydrogen (secondary N) is 1. The van der Waals surface area contributed by atoms with Gasteiger partial charge in [-0.15, -0.1) is 11.3 Å². The number of esters is 2. The molecule has 0 fully saturated rings. The van der Waals surface area contributed by atoms with E-state index in [-0.39, 0.29) is 17.7 Å². The molecule has 1 N–H and O–H groups in total. The fourth-order valence-electron chi connectivity index (χ4n) is 3.60. The highest BCUT2D eigenvalue weighted by atomic mass is 32.1. The third-order valence-electron chi connectivity index (χ3n) is 5.34. The van der Waals surface area contributed by atoms with E-state index < -0.39 is 23.9 Å². The van der Waals surface area contributed by atoms with Gasteiger partial charge in [0.05, 0.1) is 17.9 Å². The first-order valence-corrected chi connectivity index (χ1v) is 11.8. The first-order chi connectivity index (χ1) is 16.8. The zero-order chi connectivity index (χ0) is 25.1. The van der Waals surface area contributed by atoms with Crippen molar-refractivity contribution in [1.29, 1.82) is 0 Å². The normalized spacial score (nSPS) is 11.8. The molecule has 180 valence electrons. The summed E-state index contributed by atoms with van der Waals surface area (Å²) in [6.07, 6.45) is 0.270. The number of nitrogens with zero attached hydrogens (tertiary/aromatic N) is 3. The van der Waals surface area contributed by atoms with Gasteiger partial charge in [-0.05, 0) is 32.4 Å². The molecule has 0 saturated carbocycles. The van der Waals surface area contributed by atoms with E-state index >= 15 is 0 Å². The topological polar surface area (TPSA) is 112 Å². The number of pyridine rings is 1. The predicted molar refractivity (Wildman–Crippen MR) is 132 cm³/mol. The Morgan fingerprint density at radius 3 is 2.63 bits per heavy atom. The summed E-state index contributed by atoms with van der Waals surface area (Å²) < 4.78 is 12.2. The number of hydrogen-bond acceptors (Lipinski definition) is 8. The molecule has 1 unspecified atom stereocenters. The minimum atomic E-state index is -1.12. The van der Waals surface area contributed by atoms with Crippen LogP contribution in [0.3, 0.4) is 0 Å². The van der Waals surface area contributed by atoms with Gasteiger partial charge in [-0.3, -0.25) is 9.48 Å². The zero-order valence-electron chi connectivity index (χ0n) is 19.7. The lowest BCUT2D eigenvalue weighted by molar-refractivity contribution is -0.123. The van der Waals surface area contributed by atoms with E-state index in [4.69, 9.17) is 9.47 Å². The number of anilines is 1. The molecule has 1 aromatic carbocycles. The summed E-state index contributed by atoms with van der Waals surface area (Å²) in [5, 5.41) is 9.83. The number of aryl methyl sites for hydroxylation is 2. The van der Waals surface area contributed by atoms with Crippen LogP contribution in [0.2, 0.25) is 0 Å². The number of hydrogen-bond donors (Lipinski definition) is 1. The van der Waals surface area contributed by atoms with Gasteiger partial charge in [-0.1, -0.05) is 30.3 Å². The summed E-state index contributed by atoms with van der Waals surface area (Å²) in [5.74, 6) is -1.80. The van der Waals surface area contributed by atoms with Gasteiger partial charge in [0.2, 0.25) is 0 Å². The molecular weight excluding hydrogens is 468 g/mol. The van der Waals surface area contributed by atoms with Crippen molar-refractivity contribution < 1.29 is 23.9 Å². The van der Waals surface area contributed by atoms with Crippen LogP contribution in [-0.2, 0) is 21.3 Å². The molecule has 4 rings (SSSR count). The second-order valence-electron chi connectivity index (χ2n) is 7.78. The minimum absolute atomic E-state index is 0.194. The molecule has 3 aromatic heterocycles. The molecule has 3 heterocycles. The number of carbonyl (C=O) groups is 3. The van der Waals surface area contributed by atoms with Gasteiger partial charge in [0.1, 0.15) is 10.6 Å². The van der Waals surface area contributed by atoms with E-state index in [1.54, 1.807) is 30.1 Å². The molecule has 1 amide bonds. The van der Waals surface area contributed by atoms with Crippen LogP contribution >= 0.6 is 11.3 Å². The van der Waals surface area contributed by atoms with Crippen LogP contribution in [0, 0.1) is 6.92 Å². The van der Waals surface area contributed by atoms with E-state index in [1.165, 1.54) is 24.5 Å². The van der Waals surface area contributed by atoms with Crippen molar-refractivity contribution in [2.24, 2.45) is 7.05 Å². The fraction of sp³-hybridized carbons (Fsp3) is 0.240. The lowest BCUT2D eigenvalue weighted by atomic mass is 10.0. The Morgan fingerprint density at radius 2 is 1.91 bits per heavy atom. The van der Waals surface area contributed by atoms with Crippen molar-refractivity contribution in [2.45, 2.75) is 26.9 Å². The smallest absolute Gasteiger partial charge is 0.341 e. The van der Waals surface area contributed by atoms with Crippen molar-refractivity contribution >= 4 is 45.2 Å². The van der Waals surface area contributed by atoms with Gasteiger partial charge in [0, 0.05) is 29.6 Å². The van der Waals surface area contributed by atoms with Gasteiger partial charge < -0.3 is 14.8 Å². The standard InChI is InChI=1S/C25H24N4O5S/c1-5-33-25(32)20-19(16-9-7-6-8-10-16)13-35-23(20)27-22(30)15(3)34-24(31)17-11-18-14(2)28-29(4)21(18)26-12-17/h6-13,15H,5H2,1-4H3,(H,27,30). The number of aromatic nitrogens is 3. The monoisotopic (exact) mass is 492 g/mol. The maximum absolute atomic E-state index is 12.9. The zero-order valence-corrected chi connectivity index (χ0v) is 20.5. The second-order valence-corrected chi connectivity index (χ2v) is 8.66. The van der Waals surface area contributed by atoms with Crippen LogP contribution < -0.4 is 5.32 Å². The Hall–Kier alpha value is -4.05. The van der Waals surface area contributed by atoms with E-state index in [9.17, 15) is 14.4 Å². The molecule has 9 nitrogen and oxygen atoms in total. The van der Waals surface area contributed by atoms with Gasteiger partial charge in [0.15, 0.2) is 11.8 Å². The van der Waals surface area contributed by atoms with Crippen molar-refractivity contribution in [3.63, 3.8) is 0 Å². The van der Waals surface area contributed by atoms with Crippen molar-refractivity contribution in [3.8, 4) is 11.1 Å². The number of fused-ring (bicyclic) bond motifs is 1. The van der Waals surface area contributed by atoms with Gasteiger partial charge in [-0.25, -0.2) is 14.6 Å². The van der Waals surface area contributed by atoms with E-state index in [0.29, 0.717) is 16.2 Å². The molecule has 0 saturated heterocycles. The number of benzene rings is 1. The van der Waals surface area contributed by atoms with E-state index in [2.05, 4.69) is 15.4 Å². The average molecular weight is 493 g/mol. The summed E-state index contributed by atoms with van der Waals surface area (Å²) in [4.78, 5) is 42.5. The second kappa shape index (κ2) is 10.1. The summed E-state index contributed by atoms with van der Waals surface area (Å²) in [5.41, 5.74) is 3.32. The maximum atomic E-state index is 12.9. The maximum Gasteiger partial charge on any atom is 0.341 e. The Balaban J connectivity index is 1.52. The summed E-state index contributed by atoms with van der Waals surface area (Å²) in [6, 6.07) is 11.0. The van der Waals surface area contributed by atoms with Crippen LogP contribution in [0.25, 0.3) is 22.2 Å². The molecule has 35 heavy (non-hydrogen) atoms. The Labute approximate surface area is 205 Å². The highest BCUT2D eigenvalue weighted by molar-refractivity contribution is 7.15. The lowest BCUT2D eigenvalue weighted by Gasteiger charge is -2.14. The number of rotatable bonds is 7. The number of thiophene rings is 1. The van der Waals surface area contributed by atoms with Crippen LogP contribution in [0.15, 0.2) is 48.0 Å². The molecule has 0 aliphatic carbocycles. The third-order valence-corrected chi connectivity index (χ3v) is 6.24. The summed E-state index contributed by atoms with van der Waals surface area (Å²) in [6.45, 7) is 5.19. The Morgan fingerprint density at radius 1 is 1.17 bits per heavy atom. The first-order valence-electron chi connectivity index (χ1n) is 10.9. The number of amides is 1. The highest BCUT2D eigenvalue weighted by Crippen LogP contribution is 2.36. The quantitative estimate of drug-likeness (QED) is 0.381. The van der Waals surface area contributed by atoms with Gasteiger partial charge >= 0.3 is 11.9 Å². The summed E-state index contributed by atoms with van der Waals surface area (Å²) in [7, 11) is 1.77. The first kappa shape index (κ1) is 24.1. The van der Waals surface area contributed by atoms with Crippen LogP contribution in [-0.4, -0.2) is 45.3 Å². The Kier molecular flexibility index (Phi) is 6.92. The Bertz CT molecular complexity index is 1410. The van der Waals surface area contributed by atoms with Gasteiger partial charge in [0.25, 0.3) is 5.91 Å². The predicted octanol–water partition coefficient (Wildman–Crippen LogP) is 4.37. The minimum Gasteiger partial charge on any atom is -0.462 e. The van der Waals surface area contributed by atoms with E-state index in [1.807, 2.05) is 37.3 Å². The highest BCUT2D eigenvalue weighted by Gasteiger charge is 2.26. The average Bonchev–Trinajstić information content (AvgIpc) is 3.39. The largest absolute Gasteiger partial charge is 0.462 e. The van der Waals surface area contributed by atoms with Crippen LogP contribution in [0.5, 0.6) is 0 Å². The molecule has 0 radical (unpaired) electrons. The number of ether oxygens (including phenoxy) is 2. The van der Waals surface area contributed by atoms with Gasteiger partial charge in [-0.2, -0.15) is 5.10 Å². The molecule has 0 spiro atoms. The molecule has 0 bridgehead atoms. The summed E-state index contributed by atoms with van der Waals surface area (Å²) >= 11 is 1.20. The van der Waals surface area contributed by atoms with Crippen LogP contribution in [0.4, 0.5) is 5.00 Å². The van der Waals surface area contributed by atoms with Crippen LogP contribution in [0.1, 0.15) is 40.3 Å². The lowest BCUT2D eigenvalue weighted by Crippen LogP contribution is -2.30.